The lowest BCUT2D eigenvalue weighted by molar-refractivity contribution is -0.122. The number of hydrogen-bond acceptors (Lipinski definition) is 4. The number of primary amides is 1. The summed E-state index contributed by atoms with van der Waals surface area (Å²) >= 11 is 1.69. The van der Waals surface area contributed by atoms with Crippen LogP contribution in [0, 0.1) is 0 Å². The molecule has 4 nitrogen and oxygen atoms in total. The number of carbonyl (C=O) groups is 1. The van der Waals surface area contributed by atoms with Gasteiger partial charge in [0.05, 0.1) is 12.6 Å². The lowest BCUT2D eigenvalue weighted by Crippen LogP contribution is -2.49. The third kappa shape index (κ3) is 4.23. The van der Waals surface area contributed by atoms with Crippen LogP contribution in [0.3, 0.4) is 0 Å². The van der Waals surface area contributed by atoms with Gasteiger partial charge in [-0.3, -0.25) is 4.79 Å². The molecule has 0 radical (unpaired) electrons. The molecule has 1 amide bonds. The summed E-state index contributed by atoms with van der Waals surface area (Å²) < 4.78 is 5.26. The molecule has 0 saturated carbocycles. The van der Waals surface area contributed by atoms with Gasteiger partial charge < -0.3 is 16.2 Å². The minimum absolute atomic E-state index is 0.454. The van der Waals surface area contributed by atoms with Gasteiger partial charge in [0.1, 0.15) is 5.75 Å². The van der Waals surface area contributed by atoms with Crippen LogP contribution in [0.5, 0.6) is 5.75 Å². The summed E-state index contributed by atoms with van der Waals surface area (Å²) in [4.78, 5) is 12.2. The molecule has 0 heterocycles. The van der Waals surface area contributed by atoms with Gasteiger partial charge in [-0.15, -0.1) is 11.8 Å². The first kappa shape index (κ1) is 14.9. The molecular weight excluding hydrogens is 248 g/mol. The molecule has 0 aliphatic carbocycles. The number of carbonyl (C=O) groups excluding carboxylic acids is 1. The highest BCUT2D eigenvalue weighted by atomic mass is 32.2. The van der Waals surface area contributed by atoms with Crippen molar-refractivity contribution in [3.8, 4) is 5.75 Å². The van der Waals surface area contributed by atoms with Crippen molar-refractivity contribution in [1.29, 1.82) is 0 Å². The number of nitrogens with two attached hydrogens (primary N) is 2. The molecular formula is C13H20N2O2S. The van der Waals surface area contributed by atoms with Crippen LogP contribution in [0.2, 0.25) is 0 Å². The summed E-state index contributed by atoms with van der Waals surface area (Å²) in [6, 6.07) is 7.85. The van der Waals surface area contributed by atoms with Gasteiger partial charge in [0, 0.05) is 4.90 Å². The van der Waals surface area contributed by atoms with Crippen LogP contribution >= 0.6 is 11.8 Å². The van der Waals surface area contributed by atoms with Crippen molar-refractivity contribution in [3.63, 3.8) is 0 Å². The van der Waals surface area contributed by atoms with Gasteiger partial charge in [-0.1, -0.05) is 12.1 Å². The number of amides is 1. The predicted octanol–water partition coefficient (Wildman–Crippen LogP) is 1.77. The van der Waals surface area contributed by atoms with Crippen LogP contribution in [0.15, 0.2) is 29.2 Å². The third-order valence-electron chi connectivity index (χ3n) is 2.73. The van der Waals surface area contributed by atoms with Crippen molar-refractivity contribution < 1.29 is 9.53 Å². The van der Waals surface area contributed by atoms with E-state index in [1.807, 2.05) is 24.3 Å². The van der Waals surface area contributed by atoms with Gasteiger partial charge in [-0.25, -0.2) is 0 Å². The van der Waals surface area contributed by atoms with Crippen molar-refractivity contribution in [1.82, 2.24) is 0 Å². The van der Waals surface area contributed by atoms with Crippen molar-refractivity contribution in [2.45, 2.75) is 30.2 Å². The summed E-state index contributed by atoms with van der Waals surface area (Å²) in [5.74, 6) is 1.29. The Morgan fingerprint density at radius 1 is 1.44 bits per heavy atom. The van der Waals surface area contributed by atoms with E-state index in [9.17, 15) is 4.79 Å². The molecule has 100 valence electrons. The molecule has 4 N–H and O–H groups in total. The number of rotatable bonds is 7. The lowest BCUT2D eigenvalue weighted by Gasteiger charge is -2.19. The maximum Gasteiger partial charge on any atom is 0.237 e. The molecule has 0 fully saturated rings. The van der Waals surface area contributed by atoms with Crippen LogP contribution < -0.4 is 16.2 Å². The minimum atomic E-state index is -0.915. The second kappa shape index (κ2) is 6.66. The van der Waals surface area contributed by atoms with Gasteiger partial charge in [0.2, 0.25) is 5.91 Å². The maximum atomic E-state index is 11.1. The Labute approximate surface area is 112 Å². The Balaban J connectivity index is 2.41. The molecule has 0 aliphatic rings. The fourth-order valence-electron chi connectivity index (χ4n) is 1.48. The van der Waals surface area contributed by atoms with Crippen molar-refractivity contribution in [2.24, 2.45) is 11.5 Å². The van der Waals surface area contributed by atoms with Gasteiger partial charge in [-0.05, 0) is 37.7 Å². The zero-order chi connectivity index (χ0) is 13.6. The highest BCUT2D eigenvalue weighted by Gasteiger charge is 2.24. The van der Waals surface area contributed by atoms with Gasteiger partial charge in [-0.2, -0.15) is 0 Å². The molecule has 1 aromatic carbocycles. The van der Waals surface area contributed by atoms with E-state index in [4.69, 9.17) is 16.2 Å². The number of para-hydroxylation sites is 1. The summed E-state index contributed by atoms with van der Waals surface area (Å²) in [5, 5.41) is 0. The first-order valence-electron chi connectivity index (χ1n) is 5.82. The zero-order valence-corrected chi connectivity index (χ0v) is 11.6. The van der Waals surface area contributed by atoms with Gasteiger partial charge in [0.25, 0.3) is 0 Å². The van der Waals surface area contributed by atoms with E-state index in [0.29, 0.717) is 6.42 Å². The maximum absolute atomic E-state index is 11.1. The quantitative estimate of drug-likeness (QED) is 0.583. The van der Waals surface area contributed by atoms with E-state index in [2.05, 4.69) is 0 Å². The van der Waals surface area contributed by atoms with E-state index in [-0.39, 0.29) is 0 Å². The van der Waals surface area contributed by atoms with E-state index < -0.39 is 11.4 Å². The summed E-state index contributed by atoms with van der Waals surface area (Å²) in [5.41, 5.74) is 10.1. The Morgan fingerprint density at radius 3 is 2.72 bits per heavy atom. The Hall–Kier alpha value is -1.20. The zero-order valence-electron chi connectivity index (χ0n) is 10.8. The fourth-order valence-corrected chi connectivity index (χ4v) is 2.46. The average Bonchev–Trinajstić information content (AvgIpc) is 2.35. The SMILES string of the molecule is COc1ccccc1SCCCC(C)(N)C(N)=O. The lowest BCUT2D eigenvalue weighted by atomic mass is 9.97. The van der Waals surface area contributed by atoms with Crippen molar-refractivity contribution >= 4 is 17.7 Å². The number of methoxy groups -OCH3 is 1. The third-order valence-corrected chi connectivity index (χ3v) is 3.87. The molecule has 0 bridgehead atoms. The molecule has 18 heavy (non-hydrogen) atoms. The summed E-state index contributed by atoms with van der Waals surface area (Å²) in [6.45, 7) is 1.67. The second-order valence-corrected chi connectivity index (χ2v) is 5.52. The fraction of sp³-hybridized carbons (Fsp3) is 0.462. The number of benzene rings is 1. The molecule has 5 heteroatoms. The summed E-state index contributed by atoms with van der Waals surface area (Å²) in [6.07, 6.45) is 1.42. The number of hydrogen-bond donors (Lipinski definition) is 2. The van der Waals surface area contributed by atoms with Crippen molar-refractivity contribution in [2.75, 3.05) is 12.9 Å². The highest BCUT2D eigenvalue weighted by Crippen LogP contribution is 2.29. The Kier molecular flexibility index (Phi) is 5.50. The average molecular weight is 268 g/mol. The predicted molar refractivity (Wildman–Crippen MR) is 74.7 cm³/mol. The second-order valence-electron chi connectivity index (χ2n) is 4.38. The van der Waals surface area contributed by atoms with E-state index in [1.54, 1.807) is 25.8 Å². The van der Waals surface area contributed by atoms with E-state index >= 15 is 0 Å². The summed E-state index contributed by atoms with van der Waals surface area (Å²) in [7, 11) is 1.66. The first-order valence-corrected chi connectivity index (χ1v) is 6.80. The minimum Gasteiger partial charge on any atom is -0.496 e. The Bertz CT molecular complexity index is 408. The largest absolute Gasteiger partial charge is 0.496 e. The number of thioether (sulfide) groups is 1. The molecule has 1 unspecified atom stereocenters. The highest BCUT2D eigenvalue weighted by molar-refractivity contribution is 7.99. The van der Waals surface area contributed by atoms with Crippen LogP contribution in [-0.2, 0) is 4.79 Å². The smallest absolute Gasteiger partial charge is 0.237 e. The molecule has 0 spiro atoms. The van der Waals surface area contributed by atoms with Crippen LogP contribution in [-0.4, -0.2) is 24.3 Å². The standard InChI is InChI=1S/C13H20N2O2S/c1-13(15,12(14)16)8-5-9-18-11-7-4-3-6-10(11)17-2/h3-4,6-7H,5,8-9,15H2,1-2H3,(H2,14,16). The van der Waals surface area contributed by atoms with Gasteiger partial charge >= 0.3 is 0 Å². The molecule has 0 aromatic heterocycles. The topological polar surface area (TPSA) is 78.3 Å². The first-order chi connectivity index (χ1) is 8.47. The van der Waals surface area contributed by atoms with Crippen LogP contribution in [0.1, 0.15) is 19.8 Å². The molecule has 1 rings (SSSR count). The normalized spacial score (nSPS) is 13.9. The van der Waals surface area contributed by atoms with Crippen LogP contribution in [0.4, 0.5) is 0 Å². The van der Waals surface area contributed by atoms with Gasteiger partial charge in [0.15, 0.2) is 0 Å². The monoisotopic (exact) mass is 268 g/mol. The van der Waals surface area contributed by atoms with E-state index in [0.717, 1.165) is 22.8 Å². The molecule has 1 atom stereocenters. The molecule has 1 aromatic rings. The van der Waals surface area contributed by atoms with Crippen molar-refractivity contribution in [3.05, 3.63) is 24.3 Å². The number of ether oxygens (including phenoxy) is 1. The molecule has 0 aliphatic heterocycles. The van der Waals surface area contributed by atoms with E-state index in [1.165, 1.54) is 0 Å². The Morgan fingerprint density at radius 2 is 2.11 bits per heavy atom. The molecule has 0 saturated heterocycles. The van der Waals surface area contributed by atoms with Crippen LogP contribution in [0.25, 0.3) is 0 Å².